The minimum absolute atomic E-state index is 0.0116. The highest BCUT2D eigenvalue weighted by Gasteiger charge is 2.25. The third kappa shape index (κ3) is 5.58. The summed E-state index contributed by atoms with van der Waals surface area (Å²) in [5.74, 6) is 1.66. The Morgan fingerprint density at radius 3 is 2.57 bits per heavy atom. The highest BCUT2D eigenvalue weighted by Crippen LogP contribution is 2.26. The minimum Gasteiger partial charge on any atom is -0.342 e. The minimum atomic E-state index is 0.0116. The van der Waals surface area contributed by atoms with Crippen LogP contribution in [0.25, 0.3) is 0 Å². The van der Waals surface area contributed by atoms with E-state index < -0.39 is 0 Å². The first-order valence-electron chi connectivity index (χ1n) is 9.67. The average Bonchev–Trinajstić information content (AvgIpc) is 3.14. The standard InChI is InChI=1S/C20H27N5O2S/c1-15(2)13-19(26)23-18-5-10-22-25(18)16-6-11-24(12-7-16)20(27)14-28-17-3-8-21-9-4-17/h3-5,8-10,15-16H,6-7,11-14H2,1-2H3,(H,23,26). The van der Waals surface area contributed by atoms with Crippen molar-refractivity contribution in [3.8, 4) is 0 Å². The summed E-state index contributed by atoms with van der Waals surface area (Å²) >= 11 is 1.54. The zero-order valence-electron chi connectivity index (χ0n) is 16.4. The average molecular weight is 402 g/mol. The molecular weight excluding hydrogens is 374 g/mol. The van der Waals surface area contributed by atoms with Gasteiger partial charge in [0.25, 0.3) is 0 Å². The van der Waals surface area contributed by atoms with Crippen LogP contribution in [0.15, 0.2) is 41.7 Å². The van der Waals surface area contributed by atoms with E-state index >= 15 is 0 Å². The van der Waals surface area contributed by atoms with E-state index in [2.05, 4.69) is 15.4 Å². The molecular formula is C20H27N5O2S. The molecule has 0 bridgehead atoms. The van der Waals surface area contributed by atoms with Crippen LogP contribution in [0.5, 0.6) is 0 Å². The van der Waals surface area contributed by atoms with Gasteiger partial charge in [0.1, 0.15) is 5.82 Å². The number of rotatable bonds is 7. The summed E-state index contributed by atoms with van der Waals surface area (Å²) in [5, 5.41) is 7.37. The van der Waals surface area contributed by atoms with Crippen LogP contribution < -0.4 is 5.32 Å². The zero-order chi connectivity index (χ0) is 19.9. The lowest BCUT2D eigenvalue weighted by molar-refractivity contribution is -0.129. The van der Waals surface area contributed by atoms with Crippen molar-refractivity contribution in [3.63, 3.8) is 0 Å². The van der Waals surface area contributed by atoms with Crippen molar-refractivity contribution < 1.29 is 9.59 Å². The maximum absolute atomic E-state index is 12.5. The van der Waals surface area contributed by atoms with Crippen molar-refractivity contribution in [1.29, 1.82) is 0 Å². The van der Waals surface area contributed by atoms with Gasteiger partial charge in [-0.15, -0.1) is 11.8 Å². The highest BCUT2D eigenvalue weighted by atomic mass is 32.2. The molecule has 150 valence electrons. The number of likely N-dealkylation sites (tertiary alicyclic amines) is 1. The Labute approximate surface area is 169 Å². The van der Waals surface area contributed by atoms with Gasteiger partial charge in [-0.1, -0.05) is 13.8 Å². The zero-order valence-corrected chi connectivity index (χ0v) is 17.2. The van der Waals surface area contributed by atoms with Crippen LogP contribution in [0.4, 0.5) is 5.82 Å². The second-order valence-electron chi connectivity index (χ2n) is 7.39. The number of aromatic nitrogens is 3. The highest BCUT2D eigenvalue weighted by molar-refractivity contribution is 8.00. The Morgan fingerprint density at radius 1 is 1.18 bits per heavy atom. The number of pyridine rings is 1. The van der Waals surface area contributed by atoms with Crippen LogP contribution in [0.2, 0.25) is 0 Å². The van der Waals surface area contributed by atoms with Gasteiger partial charge in [0.15, 0.2) is 0 Å². The van der Waals surface area contributed by atoms with E-state index in [9.17, 15) is 9.59 Å². The van der Waals surface area contributed by atoms with Gasteiger partial charge in [0.2, 0.25) is 11.8 Å². The molecule has 3 heterocycles. The van der Waals surface area contributed by atoms with E-state index in [0.717, 1.165) is 23.6 Å². The molecule has 1 aliphatic rings. The molecule has 1 aliphatic heterocycles. The van der Waals surface area contributed by atoms with Crippen LogP contribution in [-0.4, -0.2) is 50.3 Å². The van der Waals surface area contributed by atoms with Crippen molar-refractivity contribution in [2.45, 2.75) is 44.0 Å². The van der Waals surface area contributed by atoms with Gasteiger partial charge in [-0.2, -0.15) is 5.10 Å². The number of carbonyl (C=O) groups excluding carboxylic acids is 2. The summed E-state index contributed by atoms with van der Waals surface area (Å²) < 4.78 is 1.89. The van der Waals surface area contributed by atoms with Gasteiger partial charge in [0, 0.05) is 42.9 Å². The first-order chi connectivity index (χ1) is 13.5. The lowest BCUT2D eigenvalue weighted by Gasteiger charge is -2.32. The Kier molecular flexibility index (Phi) is 7.08. The summed E-state index contributed by atoms with van der Waals surface area (Å²) in [7, 11) is 0. The van der Waals surface area contributed by atoms with E-state index in [1.54, 1.807) is 18.6 Å². The predicted molar refractivity (Wildman–Crippen MR) is 110 cm³/mol. The van der Waals surface area contributed by atoms with Gasteiger partial charge in [-0.3, -0.25) is 14.6 Å². The molecule has 7 nitrogen and oxygen atoms in total. The van der Waals surface area contributed by atoms with Crippen LogP contribution in [0.3, 0.4) is 0 Å². The van der Waals surface area contributed by atoms with Crippen molar-refractivity contribution in [2.24, 2.45) is 5.92 Å². The van der Waals surface area contributed by atoms with E-state index in [4.69, 9.17) is 0 Å². The molecule has 2 amide bonds. The summed E-state index contributed by atoms with van der Waals surface area (Å²) in [4.78, 5) is 31.5. The van der Waals surface area contributed by atoms with Crippen LogP contribution in [-0.2, 0) is 9.59 Å². The van der Waals surface area contributed by atoms with Crippen molar-refractivity contribution in [3.05, 3.63) is 36.8 Å². The second-order valence-corrected chi connectivity index (χ2v) is 8.44. The number of nitrogens with zero attached hydrogens (tertiary/aromatic N) is 4. The predicted octanol–water partition coefficient (Wildman–Crippen LogP) is 3.22. The Balaban J connectivity index is 1.49. The Morgan fingerprint density at radius 2 is 1.89 bits per heavy atom. The van der Waals surface area contributed by atoms with Crippen LogP contribution in [0, 0.1) is 5.92 Å². The monoisotopic (exact) mass is 401 g/mol. The molecule has 2 aromatic heterocycles. The summed E-state index contributed by atoms with van der Waals surface area (Å²) in [6, 6.07) is 5.86. The molecule has 0 unspecified atom stereocenters. The molecule has 3 rings (SSSR count). The van der Waals surface area contributed by atoms with Gasteiger partial charge < -0.3 is 10.2 Å². The molecule has 0 saturated carbocycles. The Bertz CT molecular complexity index is 785. The quantitative estimate of drug-likeness (QED) is 0.721. The first kappa shape index (κ1) is 20.4. The van der Waals surface area contributed by atoms with Gasteiger partial charge in [0.05, 0.1) is 18.0 Å². The van der Waals surface area contributed by atoms with Crippen molar-refractivity contribution >= 4 is 29.4 Å². The first-order valence-corrected chi connectivity index (χ1v) is 10.7. The van der Waals surface area contributed by atoms with Crippen LogP contribution >= 0.6 is 11.8 Å². The van der Waals surface area contributed by atoms with Gasteiger partial charge >= 0.3 is 0 Å². The fourth-order valence-electron chi connectivity index (χ4n) is 3.30. The fourth-order valence-corrected chi connectivity index (χ4v) is 4.09. The molecule has 8 heteroatoms. The lowest BCUT2D eigenvalue weighted by Crippen LogP contribution is -2.40. The summed E-state index contributed by atoms with van der Waals surface area (Å²) in [6.45, 7) is 5.46. The fraction of sp³-hybridized carbons (Fsp3) is 0.500. The molecule has 0 spiro atoms. The topological polar surface area (TPSA) is 80.1 Å². The SMILES string of the molecule is CC(C)CC(=O)Nc1ccnn1C1CCN(C(=O)CSc2ccncc2)CC1. The third-order valence-corrected chi connectivity index (χ3v) is 5.70. The molecule has 1 fully saturated rings. The molecule has 1 saturated heterocycles. The number of anilines is 1. The summed E-state index contributed by atoms with van der Waals surface area (Å²) in [6.07, 6.45) is 7.35. The number of hydrogen-bond donors (Lipinski definition) is 1. The number of hydrogen-bond acceptors (Lipinski definition) is 5. The number of nitrogens with one attached hydrogen (secondary N) is 1. The summed E-state index contributed by atoms with van der Waals surface area (Å²) in [5.41, 5.74) is 0. The van der Waals surface area contributed by atoms with Gasteiger partial charge in [-0.25, -0.2) is 4.68 Å². The molecule has 28 heavy (non-hydrogen) atoms. The molecule has 0 atom stereocenters. The lowest BCUT2D eigenvalue weighted by atomic mass is 10.1. The maximum Gasteiger partial charge on any atom is 0.232 e. The van der Waals surface area contributed by atoms with Crippen molar-refractivity contribution in [1.82, 2.24) is 19.7 Å². The maximum atomic E-state index is 12.5. The molecule has 0 radical (unpaired) electrons. The molecule has 0 aliphatic carbocycles. The van der Waals surface area contributed by atoms with Gasteiger partial charge in [-0.05, 0) is 30.9 Å². The second kappa shape index (κ2) is 9.73. The van der Waals surface area contributed by atoms with E-state index in [1.165, 1.54) is 11.8 Å². The largest absolute Gasteiger partial charge is 0.342 e. The molecule has 2 aromatic rings. The number of amides is 2. The number of thioether (sulfide) groups is 1. The van der Waals surface area contributed by atoms with E-state index in [0.29, 0.717) is 31.2 Å². The van der Waals surface area contributed by atoms with Crippen LogP contribution in [0.1, 0.15) is 39.2 Å². The molecule has 1 N–H and O–H groups in total. The third-order valence-electron chi connectivity index (χ3n) is 4.71. The number of carbonyl (C=O) groups is 2. The van der Waals surface area contributed by atoms with E-state index in [1.807, 2.05) is 41.6 Å². The Hall–Kier alpha value is -2.35. The van der Waals surface area contributed by atoms with Crippen molar-refractivity contribution in [2.75, 3.05) is 24.2 Å². The number of piperidine rings is 1. The van der Waals surface area contributed by atoms with E-state index in [-0.39, 0.29) is 17.9 Å². The normalized spacial score (nSPS) is 15.0. The smallest absolute Gasteiger partial charge is 0.232 e. The molecule has 0 aromatic carbocycles.